The fourth-order valence-corrected chi connectivity index (χ4v) is 2.16. The Kier molecular flexibility index (Phi) is 3.87. The van der Waals surface area contributed by atoms with Crippen LogP contribution in [0.3, 0.4) is 0 Å². The zero-order valence-electron chi connectivity index (χ0n) is 11.6. The van der Waals surface area contributed by atoms with Gasteiger partial charge in [0.05, 0.1) is 13.2 Å². The lowest BCUT2D eigenvalue weighted by atomic mass is 9.78. The van der Waals surface area contributed by atoms with Crippen molar-refractivity contribution in [2.45, 2.75) is 26.4 Å². The van der Waals surface area contributed by atoms with Gasteiger partial charge >= 0.3 is 0 Å². The van der Waals surface area contributed by atoms with Crippen LogP contribution >= 0.6 is 0 Å². The first kappa shape index (κ1) is 14.0. The highest BCUT2D eigenvalue weighted by Crippen LogP contribution is 2.45. The van der Waals surface area contributed by atoms with Gasteiger partial charge in [0.1, 0.15) is 0 Å². The van der Waals surface area contributed by atoms with Gasteiger partial charge in [-0.3, -0.25) is 0 Å². The topological polar surface area (TPSA) is 73.9 Å². The van der Waals surface area contributed by atoms with Gasteiger partial charge in [-0.05, 0) is 24.1 Å². The van der Waals surface area contributed by atoms with Gasteiger partial charge in [-0.1, -0.05) is 13.8 Å². The molecule has 1 aromatic rings. The van der Waals surface area contributed by atoms with Crippen LogP contribution in [-0.4, -0.2) is 25.6 Å². The summed E-state index contributed by atoms with van der Waals surface area (Å²) in [4.78, 5) is 0. The Balaban J connectivity index is 2.40. The highest BCUT2D eigenvalue weighted by molar-refractivity contribution is 5.55. The van der Waals surface area contributed by atoms with Gasteiger partial charge in [-0.15, -0.1) is 0 Å². The normalized spacial score (nSPS) is 17.9. The minimum atomic E-state index is -0.675. The van der Waals surface area contributed by atoms with Gasteiger partial charge < -0.3 is 25.1 Å². The third-order valence-electron chi connectivity index (χ3n) is 3.93. The van der Waals surface area contributed by atoms with Crippen molar-refractivity contribution in [3.8, 4) is 17.2 Å². The van der Waals surface area contributed by atoms with Crippen molar-refractivity contribution in [1.82, 2.24) is 0 Å². The van der Waals surface area contributed by atoms with Crippen molar-refractivity contribution in [2.75, 3.05) is 20.4 Å². The predicted molar refractivity (Wildman–Crippen MR) is 71.5 cm³/mol. The Bertz CT molecular complexity index is 457. The summed E-state index contributed by atoms with van der Waals surface area (Å²) in [5.74, 6) is 1.76. The van der Waals surface area contributed by atoms with Gasteiger partial charge in [0.2, 0.25) is 12.5 Å². The average Bonchev–Trinajstić information content (AvgIpc) is 2.92. The van der Waals surface area contributed by atoms with E-state index in [2.05, 4.69) is 0 Å². The van der Waals surface area contributed by atoms with E-state index in [-0.39, 0.29) is 12.2 Å². The molecule has 0 saturated heterocycles. The molecule has 1 heterocycles. The maximum atomic E-state index is 10.6. The smallest absolute Gasteiger partial charge is 0.231 e. The Morgan fingerprint density at radius 2 is 2.21 bits per heavy atom. The van der Waals surface area contributed by atoms with E-state index in [0.29, 0.717) is 23.8 Å². The number of ether oxygens (including phenoxy) is 3. The first-order chi connectivity index (χ1) is 9.05. The van der Waals surface area contributed by atoms with E-state index in [9.17, 15) is 5.11 Å². The van der Waals surface area contributed by atoms with Crippen LogP contribution in [0.2, 0.25) is 0 Å². The van der Waals surface area contributed by atoms with Crippen molar-refractivity contribution < 1.29 is 19.3 Å². The van der Waals surface area contributed by atoms with E-state index in [0.717, 1.165) is 12.0 Å². The minimum absolute atomic E-state index is 0.174. The second-order valence-electron chi connectivity index (χ2n) is 5.07. The summed E-state index contributed by atoms with van der Waals surface area (Å²) < 4.78 is 16.0. The summed E-state index contributed by atoms with van der Waals surface area (Å²) in [7, 11) is 1.56. The summed E-state index contributed by atoms with van der Waals surface area (Å²) in [5.41, 5.74) is 6.15. The first-order valence-electron chi connectivity index (χ1n) is 6.41. The molecule has 0 aromatic heterocycles. The lowest BCUT2D eigenvalue weighted by molar-refractivity contribution is 0.0389. The maximum Gasteiger partial charge on any atom is 0.231 e. The molecule has 0 aliphatic carbocycles. The number of aliphatic hydroxyl groups excluding tert-OH is 1. The molecule has 0 bridgehead atoms. The number of rotatable bonds is 5. The van der Waals surface area contributed by atoms with E-state index in [1.165, 1.54) is 0 Å². The molecule has 2 rings (SSSR count). The van der Waals surface area contributed by atoms with Crippen LogP contribution in [0.15, 0.2) is 12.1 Å². The Labute approximate surface area is 113 Å². The number of benzene rings is 1. The molecular weight excluding hydrogens is 246 g/mol. The lowest BCUT2D eigenvalue weighted by Gasteiger charge is -2.32. The standard InChI is InChI=1S/C14H21NO4/c1-4-14(2,7-15)13(16)9-5-10(17-3)12-11(6-9)18-8-19-12/h5-6,13,16H,4,7-8,15H2,1-3H3. The van der Waals surface area contributed by atoms with Gasteiger partial charge in [0.15, 0.2) is 11.5 Å². The van der Waals surface area contributed by atoms with E-state index in [1.807, 2.05) is 13.8 Å². The average molecular weight is 267 g/mol. The largest absolute Gasteiger partial charge is 0.493 e. The summed E-state index contributed by atoms with van der Waals surface area (Å²) in [6.45, 7) is 4.56. The minimum Gasteiger partial charge on any atom is -0.493 e. The Hall–Kier alpha value is -1.46. The van der Waals surface area contributed by atoms with E-state index < -0.39 is 6.10 Å². The molecular formula is C14H21NO4. The molecule has 0 spiro atoms. The fourth-order valence-electron chi connectivity index (χ4n) is 2.16. The SMILES string of the molecule is CCC(C)(CN)C(O)c1cc(OC)c2c(c1)OCO2. The Morgan fingerprint density at radius 3 is 2.79 bits per heavy atom. The number of aliphatic hydroxyl groups is 1. The van der Waals surface area contributed by atoms with Crippen LogP contribution in [0.5, 0.6) is 17.2 Å². The first-order valence-corrected chi connectivity index (χ1v) is 6.41. The molecule has 106 valence electrons. The molecule has 1 aliphatic heterocycles. The van der Waals surface area contributed by atoms with Gasteiger partial charge in [-0.2, -0.15) is 0 Å². The molecule has 5 nitrogen and oxygen atoms in total. The number of fused-ring (bicyclic) bond motifs is 1. The summed E-state index contributed by atoms with van der Waals surface area (Å²) in [6.07, 6.45) is 0.104. The van der Waals surface area contributed by atoms with Gasteiger partial charge in [0.25, 0.3) is 0 Å². The molecule has 0 fully saturated rings. The van der Waals surface area contributed by atoms with Crippen molar-refractivity contribution in [3.05, 3.63) is 17.7 Å². The number of hydrogen-bond donors (Lipinski definition) is 2. The molecule has 1 aliphatic rings. The van der Waals surface area contributed by atoms with Crippen LogP contribution in [0.1, 0.15) is 31.9 Å². The molecule has 2 atom stereocenters. The summed E-state index contributed by atoms with van der Waals surface area (Å²) in [5, 5.41) is 10.6. The number of hydrogen-bond acceptors (Lipinski definition) is 5. The highest BCUT2D eigenvalue weighted by atomic mass is 16.7. The van der Waals surface area contributed by atoms with E-state index >= 15 is 0 Å². The quantitative estimate of drug-likeness (QED) is 0.851. The highest BCUT2D eigenvalue weighted by Gasteiger charge is 2.33. The predicted octanol–water partition coefficient (Wildman–Crippen LogP) is 1.83. The zero-order chi connectivity index (χ0) is 14.0. The van der Waals surface area contributed by atoms with Crippen LogP contribution in [-0.2, 0) is 0 Å². The van der Waals surface area contributed by atoms with Crippen LogP contribution < -0.4 is 19.9 Å². The summed E-state index contributed by atoms with van der Waals surface area (Å²) >= 11 is 0. The molecule has 3 N–H and O–H groups in total. The molecule has 5 heteroatoms. The third kappa shape index (κ3) is 2.35. The van der Waals surface area contributed by atoms with Crippen molar-refractivity contribution in [1.29, 1.82) is 0 Å². The second-order valence-corrected chi connectivity index (χ2v) is 5.07. The maximum absolute atomic E-state index is 10.6. The molecule has 0 amide bonds. The zero-order valence-corrected chi connectivity index (χ0v) is 11.6. The van der Waals surface area contributed by atoms with Crippen molar-refractivity contribution >= 4 is 0 Å². The van der Waals surface area contributed by atoms with Gasteiger partial charge in [0, 0.05) is 12.0 Å². The number of methoxy groups -OCH3 is 1. The van der Waals surface area contributed by atoms with E-state index in [4.69, 9.17) is 19.9 Å². The lowest BCUT2D eigenvalue weighted by Crippen LogP contribution is -2.33. The third-order valence-corrected chi connectivity index (χ3v) is 3.93. The fraction of sp³-hybridized carbons (Fsp3) is 0.571. The molecule has 1 aromatic carbocycles. The van der Waals surface area contributed by atoms with Crippen LogP contribution in [0.25, 0.3) is 0 Å². The van der Waals surface area contributed by atoms with E-state index in [1.54, 1.807) is 19.2 Å². The van der Waals surface area contributed by atoms with Crippen molar-refractivity contribution in [2.24, 2.45) is 11.1 Å². The monoisotopic (exact) mass is 267 g/mol. The van der Waals surface area contributed by atoms with Gasteiger partial charge in [-0.25, -0.2) is 0 Å². The molecule has 19 heavy (non-hydrogen) atoms. The second kappa shape index (κ2) is 5.27. The number of nitrogens with two attached hydrogens (primary N) is 1. The molecule has 0 saturated carbocycles. The van der Waals surface area contributed by atoms with Crippen LogP contribution in [0.4, 0.5) is 0 Å². The Morgan fingerprint density at radius 1 is 1.47 bits per heavy atom. The van der Waals surface area contributed by atoms with Crippen molar-refractivity contribution in [3.63, 3.8) is 0 Å². The molecule has 2 unspecified atom stereocenters. The summed E-state index contributed by atoms with van der Waals surface area (Å²) in [6, 6.07) is 3.57. The molecule has 0 radical (unpaired) electrons. The van der Waals surface area contributed by atoms with Crippen LogP contribution in [0, 0.1) is 5.41 Å².